The molecule has 0 amide bonds. The molecule has 10 nitrogen and oxygen atoms in total. The maximum absolute atomic E-state index is 14.5. The SMILES string of the molecule is CC[NH2+]C1CC2C=CCCC2CC1COC(=O)C12OC1(CC(CO)=C(C)CCC1CC[NH2+]C3NC([NH2+]C)CCC13)C(=O)C1CCCCC1C2=O. The molecule has 7 rings (SSSR count). The third kappa shape index (κ3) is 6.48. The molecule has 0 spiro atoms. The highest BCUT2D eigenvalue weighted by Crippen LogP contribution is 2.62. The van der Waals surface area contributed by atoms with Crippen LogP contribution in [0, 0.1) is 41.4 Å². The Morgan fingerprint density at radius 3 is 2.64 bits per heavy atom. The second kappa shape index (κ2) is 15.2. The number of nitrogens with two attached hydrogens (primary N) is 3. The van der Waals surface area contributed by atoms with Gasteiger partial charge in [-0.1, -0.05) is 30.6 Å². The Hall–Kier alpha value is -1.95. The first kappa shape index (κ1) is 36.4. The Bertz CT molecular complexity index is 1350. The fourth-order valence-corrected chi connectivity index (χ4v) is 11.6. The van der Waals surface area contributed by atoms with Crippen LogP contribution in [0.5, 0.6) is 0 Å². The molecule has 0 aromatic carbocycles. The van der Waals surface area contributed by atoms with E-state index in [1.54, 1.807) is 0 Å². The Kier molecular flexibility index (Phi) is 11.1. The number of ether oxygens (including phenoxy) is 2. The lowest BCUT2D eigenvalue weighted by Gasteiger charge is -2.41. The fourth-order valence-electron chi connectivity index (χ4n) is 11.6. The molecule has 0 aromatic heterocycles. The average Bonchev–Trinajstić information content (AvgIpc) is 3.85. The number of esters is 1. The first-order valence-electron chi connectivity index (χ1n) is 20.4. The van der Waals surface area contributed by atoms with Gasteiger partial charge in [0.05, 0.1) is 39.4 Å². The zero-order chi connectivity index (χ0) is 35.0. The van der Waals surface area contributed by atoms with E-state index in [0.29, 0.717) is 54.9 Å². The summed E-state index contributed by atoms with van der Waals surface area (Å²) in [5.41, 5.74) is -1.66. The van der Waals surface area contributed by atoms with Crippen molar-refractivity contribution < 1.29 is 44.9 Å². The van der Waals surface area contributed by atoms with Gasteiger partial charge in [-0.3, -0.25) is 9.59 Å². The van der Waals surface area contributed by atoms with Gasteiger partial charge in [0.2, 0.25) is 0 Å². The van der Waals surface area contributed by atoms with Crippen molar-refractivity contribution in [1.29, 1.82) is 0 Å². The highest BCUT2D eigenvalue weighted by molar-refractivity contribution is 6.23. The first-order valence-corrected chi connectivity index (χ1v) is 20.4. The van der Waals surface area contributed by atoms with Crippen molar-refractivity contribution in [3.63, 3.8) is 0 Å². The van der Waals surface area contributed by atoms with Gasteiger partial charge in [-0.05, 0) is 95.0 Å². The number of allylic oxidation sites excluding steroid dienone is 3. The normalized spacial score (nSPS) is 42.8. The smallest absolute Gasteiger partial charge is 0.350 e. The number of nitrogens with one attached hydrogen (secondary N) is 1. The van der Waals surface area contributed by atoms with Gasteiger partial charge in [-0.15, -0.1) is 0 Å². The second-order valence-corrected chi connectivity index (χ2v) is 17.1. The van der Waals surface area contributed by atoms with E-state index in [1.165, 1.54) is 25.7 Å². The van der Waals surface area contributed by atoms with Crippen LogP contribution in [-0.2, 0) is 23.9 Å². The summed E-state index contributed by atoms with van der Waals surface area (Å²) in [6, 6.07) is 0.352. The number of fused-ring (bicyclic) bond motifs is 4. The molecular formula is C40H65N4O6+3. The number of aliphatic hydroxyl groups is 1. The maximum Gasteiger partial charge on any atom is 0.350 e. The Morgan fingerprint density at radius 1 is 1.08 bits per heavy atom. The number of carbonyl (C=O) groups is 3. The number of hydrogen-bond acceptors (Lipinski definition) is 7. The number of piperidine rings is 2. The van der Waals surface area contributed by atoms with Gasteiger partial charge in [0.1, 0.15) is 12.3 Å². The van der Waals surface area contributed by atoms with E-state index in [4.69, 9.17) is 9.47 Å². The van der Waals surface area contributed by atoms with Crippen LogP contribution >= 0.6 is 0 Å². The van der Waals surface area contributed by atoms with Crippen molar-refractivity contribution in [1.82, 2.24) is 5.32 Å². The summed E-state index contributed by atoms with van der Waals surface area (Å²) in [6.45, 7) is 6.33. The molecule has 3 saturated heterocycles. The molecule has 0 radical (unpaired) electrons. The van der Waals surface area contributed by atoms with E-state index in [9.17, 15) is 19.5 Å². The minimum atomic E-state index is -1.88. The van der Waals surface area contributed by atoms with Crippen molar-refractivity contribution in [3.8, 4) is 0 Å². The van der Waals surface area contributed by atoms with E-state index < -0.39 is 29.0 Å². The summed E-state index contributed by atoms with van der Waals surface area (Å²) in [4.78, 5) is 43.1. The van der Waals surface area contributed by atoms with Crippen molar-refractivity contribution >= 4 is 17.5 Å². The maximum atomic E-state index is 14.5. The fraction of sp³-hybridized carbons (Fsp3) is 0.825. The van der Waals surface area contributed by atoms with Crippen LogP contribution in [0.15, 0.2) is 23.3 Å². The monoisotopic (exact) mass is 697 g/mol. The molecule has 6 fully saturated rings. The first-order chi connectivity index (χ1) is 24.3. The molecule has 3 heterocycles. The highest BCUT2D eigenvalue weighted by Gasteiger charge is 2.87. The predicted molar refractivity (Wildman–Crippen MR) is 187 cm³/mol. The number of aliphatic hydroxyl groups excluding tert-OH is 1. The summed E-state index contributed by atoms with van der Waals surface area (Å²) >= 11 is 0. The summed E-state index contributed by atoms with van der Waals surface area (Å²) in [7, 11) is 2.14. The molecule has 12 atom stereocenters. The molecule has 12 unspecified atom stereocenters. The predicted octanol–water partition coefficient (Wildman–Crippen LogP) is 0.847. The van der Waals surface area contributed by atoms with E-state index in [2.05, 4.69) is 54.3 Å². The van der Waals surface area contributed by atoms with Gasteiger partial charge in [-0.2, -0.15) is 0 Å². The zero-order valence-corrected chi connectivity index (χ0v) is 30.9. The molecule has 0 bridgehead atoms. The van der Waals surface area contributed by atoms with E-state index in [0.717, 1.165) is 69.2 Å². The summed E-state index contributed by atoms with van der Waals surface area (Å²) in [6.07, 6.45) is 18.5. The molecule has 0 aromatic rings. The Balaban J connectivity index is 1.08. The van der Waals surface area contributed by atoms with Crippen molar-refractivity contribution in [2.24, 2.45) is 41.4 Å². The third-order valence-corrected chi connectivity index (χ3v) is 14.5. The second-order valence-electron chi connectivity index (χ2n) is 17.1. The molecule has 3 saturated carbocycles. The van der Waals surface area contributed by atoms with Crippen molar-refractivity contribution in [3.05, 3.63) is 23.3 Å². The van der Waals surface area contributed by atoms with Crippen molar-refractivity contribution in [2.45, 2.75) is 133 Å². The quantitative estimate of drug-likeness (QED) is 0.0877. The number of carbonyl (C=O) groups excluding carboxylic acids is 3. The molecule has 4 aliphatic carbocycles. The van der Waals surface area contributed by atoms with Gasteiger partial charge >= 0.3 is 5.97 Å². The largest absolute Gasteiger partial charge is 0.463 e. The number of hydrogen-bond donors (Lipinski definition) is 5. The van der Waals surface area contributed by atoms with Crippen LogP contribution in [0.1, 0.15) is 104 Å². The number of epoxide rings is 1. The number of quaternary nitrogens is 3. The van der Waals surface area contributed by atoms with Crippen LogP contribution in [0.2, 0.25) is 0 Å². The summed E-state index contributed by atoms with van der Waals surface area (Å²) < 4.78 is 12.5. The van der Waals surface area contributed by atoms with Crippen LogP contribution in [0.25, 0.3) is 0 Å². The third-order valence-electron chi connectivity index (χ3n) is 14.5. The highest BCUT2D eigenvalue weighted by atomic mass is 16.7. The Labute approximate surface area is 298 Å². The van der Waals surface area contributed by atoms with Gasteiger partial charge in [0.25, 0.3) is 5.60 Å². The molecule has 7 aliphatic rings. The summed E-state index contributed by atoms with van der Waals surface area (Å²) in [5, 5.41) is 21.7. The minimum absolute atomic E-state index is 0.0874. The lowest BCUT2D eigenvalue weighted by atomic mass is 9.60. The Morgan fingerprint density at radius 2 is 1.88 bits per heavy atom. The van der Waals surface area contributed by atoms with Gasteiger partial charge < -0.3 is 30.5 Å². The number of rotatable bonds is 12. The lowest BCUT2D eigenvalue weighted by molar-refractivity contribution is -0.739. The van der Waals surface area contributed by atoms with Crippen LogP contribution < -0.4 is 21.3 Å². The minimum Gasteiger partial charge on any atom is -0.463 e. The number of Topliss-reactive ketones (excluding diaryl/α,β-unsaturated/α-hetero) is 2. The van der Waals surface area contributed by atoms with Crippen LogP contribution in [0.3, 0.4) is 0 Å². The zero-order valence-electron chi connectivity index (χ0n) is 30.9. The van der Waals surface area contributed by atoms with Crippen molar-refractivity contribution in [2.75, 3.05) is 33.4 Å². The average molecular weight is 698 g/mol. The standard InChI is InChI=1S/C40H62N4O6/c1-4-42-33-20-27-10-6-5-9-26(27)19-28(33)23-49-38(48)40-36(47)32-12-8-7-11-31(32)35(46)39(40,50-40)21-29(22-45)24(2)13-14-25-17-18-43-37-30(25)15-16-34(41-3)44-37/h6,10,25-28,30-34,37,41-45H,4-5,7-9,11-23H2,1-3H3/p+3. The molecule has 8 N–H and O–H groups in total. The lowest BCUT2D eigenvalue weighted by Crippen LogP contribution is -3.02. The van der Waals surface area contributed by atoms with E-state index in [1.807, 2.05) is 0 Å². The molecular weight excluding hydrogens is 632 g/mol. The van der Waals surface area contributed by atoms with Crippen LogP contribution in [-0.4, -0.2) is 85.6 Å². The van der Waals surface area contributed by atoms with Crippen LogP contribution in [0.4, 0.5) is 0 Å². The molecule has 278 valence electrons. The van der Waals surface area contributed by atoms with Gasteiger partial charge in [0.15, 0.2) is 17.2 Å². The topological polar surface area (TPSA) is 155 Å². The molecule has 3 aliphatic heterocycles. The van der Waals surface area contributed by atoms with Gasteiger partial charge in [-0.25, -0.2) is 10.1 Å². The molecule has 50 heavy (non-hydrogen) atoms. The van der Waals surface area contributed by atoms with E-state index >= 15 is 0 Å². The van der Waals surface area contributed by atoms with Gasteiger partial charge in [0, 0.05) is 42.9 Å². The molecule has 10 heteroatoms. The summed E-state index contributed by atoms with van der Waals surface area (Å²) in [5.74, 6) is 0.648. The number of ketones is 2. The van der Waals surface area contributed by atoms with E-state index in [-0.39, 0.29) is 37.1 Å².